The van der Waals surface area contributed by atoms with Gasteiger partial charge in [0.2, 0.25) is 5.91 Å². The van der Waals surface area contributed by atoms with Crippen molar-refractivity contribution in [2.24, 2.45) is 5.41 Å². The Kier molecular flexibility index (Phi) is 3.66. The van der Waals surface area contributed by atoms with Gasteiger partial charge in [-0.3, -0.25) is 4.79 Å². The van der Waals surface area contributed by atoms with E-state index in [-0.39, 0.29) is 5.91 Å². The Balaban J connectivity index is 1.78. The van der Waals surface area contributed by atoms with Gasteiger partial charge in [0, 0.05) is 25.7 Å². The molecule has 1 aromatic rings. The van der Waals surface area contributed by atoms with Crippen molar-refractivity contribution in [2.75, 3.05) is 5.32 Å². The van der Waals surface area contributed by atoms with E-state index in [0.717, 1.165) is 12.1 Å². The van der Waals surface area contributed by atoms with Crippen LogP contribution in [-0.4, -0.2) is 16.9 Å². The summed E-state index contributed by atoms with van der Waals surface area (Å²) in [6.07, 6.45) is 4.29. The average Bonchev–Trinajstić information content (AvgIpc) is 2.24. The smallest absolute Gasteiger partial charge is 0.222 e. The first-order valence-corrected chi connectivity index (χ1v) is 6.40. The third-order valence-electron chi connectivity index (χ3n) is 3.32. The van der Waals surface area contributed by atoms with Crippen molar-refractivity contribution in [1.29, 1.82) is 0 Å². The molecule has 1 heterocycles. The van der Waals surface area contributed by atoms with Crippen LogP contribution in [0.25, 0.3) is 0 Å². The first-order chi connectivity index (χ1) is 8.44. The van der Waals surface area contributed by atoms with Crippen LogP contribution in [0.1, 0.15) is 39.2 Å². The Hall–Kier alpha value is -1.42. The van der Waals surface area contributed by atoms with Gasteiger partial charge in [0.05, 0.1) is 0 Å². The summed E-state index contributed by atoms with van der Waals surface area (Å²) in [5, 5.41) is 6.18. The molecule has 0 radical (unpaired) electrons. The molecule has 0 aliphatic heterocycles. The molecule has 1 aliphatic rings. The zero-order valence-electron chi connectivity index (χ0n) is 11.3. The predicted molar refractivity (Wildman–Crippen MR) is 72.2 cm³/mol. The van der Waals surface area contributed by atoms with Crippen molar-refractivity contribution in [3.8, 4) is 0 Å². The van der Waals surface area contributed by atoms with Crippen LogP contribution in [0.5, 0.6) is 0 Å². The topological polar surface area (TPSA) is 54.0 Å². The van der Waals surface area contributed by atoms with Crippen LogP contribution in [0.15, 0.2) is 18.3 Å². The molecule has 0 spiro atoms. The summed E-state index contributed by atoms with van der Waals surface area (Å²) in [7, 11) is 0. The molecule has 1 saturated carbocycles. The summed E-state index contributed by atoms with van der Waals surface area (Å²) in [6.45, 7) is 6.92. The molecule has 0 unspecified atom stereocenters. The number of nitrogens with zero attached hydrogens (tertiary/aromatic N) is 1. The highest BCUT2D eigenvalue weighted by Crippen LogP contribution is 2.39. The molecule has 1 aliphatic carbocycles. The van der Waals surface area contributed by atoms with Crippen LogP contribution in [0.2, 0.25) is 0 Å². The van der Waals surface area contributed by atoms with Gasteiger partial charge in [-0.05, 0) is 29.9 Å². The number of hydrogen-bond donors (Lipinski definition) is 2. The molecule has 0 aromatic carbocycles. The maximum atomic E-state index is 10.9. The maximum Gasteiger partial charge on any atom is 0.222 e. The lowest BCUT2D eigenvalue weighted by Gasteiger charge is -2.43. The summed E-state index contributed by atoms with van der Waals surface area (Å²) in [5.74, 6) is 0.515. The normalized spacial score (nSPS) is 18.2. The van der Waals surface area contributed by atoms with Crippen LogP contribution in [0, 0.1) is 5.41 Å². The van der Waals surface area contributed by atoms with Gasteiger partial charge in [-0.15, -0.1) is 0 Å². The van der Waals surface area contributed by atoms with Crippen molar-refractivity contribution in [1.82, 2.24) is 10.3 Å². The van der Waals surface area contributed by atoms with Crippen molar-refractivity contribution < 1.29 is 4.79 Å². The zero-order chi connectivity index (χ0) is 13.2. The molecule has 98 valence electrons. The van der Waals surface area contributed by atoms with E-state index in [9.17, 15) is 4.79 Å². The fourth-order valence-electron chi connectivity index (χ4n) is 2.46. The van der Waals surface area contributed by atoms with Crippen LogP contribution < -0.4 is 10.6 Å². The molecule has 0 bridgehead atoms. The van der Waals surface area contributed by atoms with Crippen LogP contribution in [0.4, 0.5) is 5.82 Å². The number of aromatic nitrogens is 1. The van der Waals surface area contributed by atoms with Crippen LogP contribution in [-0.2, 0) is 11.3 Å². The summed E-state index contributed by atoms with van der Waals surface area (Å²) < 4.78 is 0. The standard InChI is InChI=1S/C14H21N3O/c1-10(18)17-13-5-4-11(9-16-13)8-15-12-6-14(2,3)7-12/h4-5,9,12,15H,6-8H2,1-3H3,(H,16,17,18). The summed E-state index contributed by atoms with van der Waals surface area (Å²) in [6, 6.07) is 4.47. The second-order valence-electron chi connectivity index (χ2n) is 5.88. The molecule has 18 heavy (non-hydrogen) atoms. The second kappa shape index (κ2) is 5.06. The van der Waals surface area contributed by atoms with E-state index in [1.54, 1.807) is 0 Å². The minimum atomic E-state index is -0.0925. The Morgan fingerprint density at radius 1 is 1.44 bits per heavy atom. The fraction of sp³-hybridized carbons (Fsp3) is 0.571. The minimum Gasteiger partial charge on any atom is -0.311 e. The SMILES string of the molecule is CC(=O)Nc1ccc(CNC2CC(C)(C)C2)cn1. The molecule has 1 fully saturated rings. The van der Waals surface area contributed by atoms with E-state index < -0.39 is 0 Å². The molecule has 4 heteroatoms. The van der Waals surface area contributed by atoms with Gasteiger partial charge in [-0.2, -0.15) is 0 Å². The highest BCUT2D eigenvalue weighted by molar-refractivity contribution is 5.87. The van der Waals surface area contributed by atoms with E-state index in [1.165, 1.54) is 19.8 Å². The van der Waals surface area contributed by atoms with E-state index in [1.807, 2.05) is 18.3 Å². The number of hydrogen-bond acceptors (Lipinski definition) is 3. The number of pyridine rings is 1. The van der Waals surface area contributed by atoms with Gasteiger partial charge in [0.1, 0.15) is 5.82 Å². The Morgan fingerprint density at radius 2 is 2.17 bits per heavy atom. The molecule has 2 N–H and O–H groups in total. The largest absolute Gasteiger partial charge is 0.311 e. The lowest BCUT2D eigenvalue weighted by molar-refractivity contribution is -0.114. The molecular weight excluding hydrogens is 226 g/mol. The molecule has 1 aromatic heterocycles. The summed E-state index contributed by atoms with van der Waals surface area (Å²) >= 11 is 0. The number of carbonyl (C=O) groups excluding carboxylic acids is 1. The molecule has 4 nitrogen and oxygen atoms in total. The van der Waals surface area contributed by atoms with Gasteiger partial charge >= 0.3 is 0 Å². The highest BCUT2D eigenvalue weighted by atomic mass is 16.1. The van der Waals surface area contributed by atoms with E-state index in [2.05, 4.69) is 29.5 Å². The number of rotatable bonds is 4. The lowest BCUT2D eigenvalue weighted by Crippen LogP contribution is -2.45. The Labute approximate surface area is 108 Å². The third-order valence-corrected chi connectivity index (χ3v) is 3.32. The summed E-state index contributed by atoms with van der Waals surface area (Å²) in [4.78, 5) is 15.1. The van der Waals surface area contributed by atoms with Gasteiger partial charge < -0.3 is 10.6 Å². The lowest BCUT2D eigenvalue weighted by atomic mass is 9.68. The van der Waals surface area contributed by atoms with Gasteiger partial charge in [-0.1, -0.05) is 19.9 Å². The third kappa shape index (κ3) is 3.53. The Morgan fingerprint density at radius 3 is 2.67 bits per heavy atom. The van der Waals surface area contributed by atoms with E-state index in [0.29, 0.717) is 17.3 Å². The Bertz CT molecular complexity index is 417. The van der Waals surface area contributed by atoms with Crippen molar-refractivity contribution in [3.63, 3.8) is 0 Å². The molecular formula is C14H21N3O. The number of nitrogens with one attached hydrogen (secondary N) is 2. The van der Waals surface area contributed by atoms with Crippen LogP contribution in [0.3, 0.4) is 0 Å². The van der Waals surface area contributed by atoms with Crippen molar-refractivity contribution in [3.05, 3.63) is 23.9 Å². The predicted octanol–water partition coefficient (Wildman–Crippen LogP) is 2.32. The quantitative estimate of drug-likeness (QED) is 0.858. The fourth-order valence-corrected chi connectivity index (χ4v) is 2.46. The molecule has 0 saturated heterocycles. The van der Waals surface area contributed by atoms with Gasteiger partial charge in [0.25, 0.3) is 0 Å². The van der Waals surface area contributed by atoms with Gasteiger partial charge in [-0.25, -0.2) is 4.98 Å². The molecule has 2 rings (SSSR count). The number of carbonyl (C=O) groups is 1. The van der Waals surface area contributed by atoms with Crippen molar-refractivity contribution in [2.45, 2.75) is 46.2 Å². The summed E-state index contributed by atoms with van der Waals surface area (Å²) in [5.41, 5.74) is 1.65. The first-order valence-electron chi connectivity index (χ1n) is 6.40. The van der Waals surface area contributed by atoms with Crippen molar-refractivity contribution >= 4 is 11.7 Å². The first kappa shape index (κ1) is 13.0. The van der Waals surface area contributed by atoms with E-state index >= 15 is 0 Å². The van der Waals surface area contributed by atoms with Gasteiger partial charge in [0.15, 0.2) is 0 Å². The molecule has 1 amide bonds. The monoisotopic (exact) mass is 247 g/mol. The number of anilines is 1. The van der Waals surface area contributed by atoms with Crippen LogP contribution >= 0.6 is 0 Å². The molecule has 0 atom stereocenters. The highest BCUT2D eigenvalue weighted by Gasteiger charge is 2.35. The minimum absolute atomic E-state index is 0.0925. The van der Waals surface area contributed by atoms with E-state index in [4.69, 9.17) is 0 Å². The second-order valence-corrected chi connectivity index (χ2v) is 5.88. The number of amides is 1. The zero-order valence-corrected chi connectivity index (χ0v) is 11.3. The maximum absolute atomic E-state index is 10.9. The average molecular weight is 247 g/mol.